The van der Waals surface area contributed by atoms with E-state index in [4.69, 9.17) is 35.3 Å². The van der Waals surface area contributed by atoms with Crippen LogP contribution in [0.25, 0.3) is 10.1 Å². The molecular weight excluding hydrogens is 410 g/mol. The third-order valence-corrected chi connectivity index (χ3v) is 6.27. The maximum absolute atomic E-state index is 6.18. The summed E-state index contributed by atoms with van der Waals surface area (Å²) in [6.07, 6.45) is 1.83. The number of methoxy groups -OCH3 is 3. The van der Waals surface area contributed by atoms with Crippen LogP contribution in [0.1, 0.15) is 25.3 Å². The molecule has 0 saturated carbocycles. The lowest BCUT2D eigenvalue weighted by Gasteiger charge is -2.30. The fourth-order valence-corrected chi connectivity index (χ4v) is 4.49. The summed E-state index contributed by atoms with van der Waals surface area (Å²) in [5.74, 6) is 2.94. The van der Waals surface area contributed by atoms with Crippen LogP contribution in [0, 0.1) is 0 Å². The summed E-state index contributed by atoms with van der Waals surface area (Å²) in [4.78, 5) is 0. The van der Waals surface area contributed by atoms with Gasteiger partial charge in [-0.3, -0.25) is 0 Å². The number of rotatable bonds is 5. The van der Waals surface area contributed by atoms with Gasteiger partial charge >= 0.3 is 0 Å². The van der Waals surface area contributed by atoms with E-state index < -0.39 is 0 Å². The highest BCUT2D eigenvalue weighted by Gasteiger charge is 2.26. The number of ether oxygens (including phenoxy) is 3. The van der Waals surface area contributed by atoms with Crippen molar-refractivity contribution in [2.24, 2.45) is 5.10 Å². The first-order valence-corrected chi connectivity index (χ1v) is 10.4. The zero-order chi connectivity index (χ0) is 20.5. The predicted octanol–water partition coefficient (Wildman–Crippen LogP) is 5.37. The Morgan fingerprint density at radius 1 is 1.07 bits per heavy atom. The molecule has 3 aromatic rings. The number of benzene rings is 2. The molecule has 0 fully saturated rings. The largest absolute Gasteiger partial charge is 0.497 e. The minimum Gasteiger partial charge on any atom is -0.497 e. The van der Waals surface area contributed by atoms with Crippen molar-refractivity contribution >= 4 is 44.7 Å². The molecule has 1 aliphatic heterocycles. The molecule has 6 nitrogen and oxygen atoms in total. The van der Waals surface area contributed by atoms with Crippen molar-refractivity contribution in [1.82, 2.24) is 4.37 Å². The van der Waals surface area contributed by atoms with Crippen LogP contribution in [-0.4, -0.2) is 37.5 Å². The highest BCUT2D eigenvalue weighted by atomic mass is 35.5. The van der Waals surface area contributed by atoms with Crippen LogP contribution < -0.4 is 19.2 Å². The first-order valence-electron chi connectivity index (χ1n) is 9.27. The standard InChI is InChI=1S/C21H22ClN3O3S/c1-12-5-8-17(13-6-7-16(22)18(9-13)27-3)23-25(12)21-15-10-14(26-2)11-19(28-4)20(15)29-24-21/h6-7,9-12H,5,8H2,1-4H3. The predicted molar refractivity (Wildman–Crippen MR) is 118 cm³/mol. The van der Waals surface area contributed by atoms with Crippen LogP contribution >= 0.6 is 23.1 Å². The van der Waals surface area contributed by atoms with Gasteiger partial charge in [-0.05, 0) is 49.5 Å². The molecule has 0 N–H and O–H groups in total. The number of hydrogen-bond acceptors (Lipinski definition) is 7. The van der Waals surface area contributed by atoms with Gasteiger partial charge in [-0.15, -0.1) is 0 Å². The van der Waals surface area contributed by atoms with E-state index in [1.807, 2.05) is 35.3 Å². The van der Waals surface area contributed by atoms with Gasteiger partial charge in [0.05, 0.1) is 42.8 Å². The summed E-state index contributed by atoms with van der Waals surface area (Å²) >= 11 is 7.59. The molecule has 29 heavy (non-hydrogen) atoms. The van der Waals surface area contributed by atoms with Gasteiger partial charge in [0, 0.05) is 17.0 Å². The molecule has 1 unspecified atom stereocenters. The van der Waals surface area contributed by atoms with E-state index in [1.165, 1.54) is 11.5 Å². The van der Waals surface area contributed by atoms with Crippen molar-refractivity contribution in [3.63, 3.8) is 0 Å². The summed E-state index contributed by atoms with van der Waals surface area (Å²) in [7, 11) is 4.92. The van der Waals surface area contributed by atoms with Crippen molar-refractivity contribution in [1.29, 1.82) is 0 Å². The minimum absolute atomic E-state index is 0.218. The number of fused-ring (bicyclic) bond motifs is 1. The lowest BCUT2D eigenvalue weighted by Crippen LogP contribution is -2.34. The molecule has 1 atom stereocenters. The minimum atomic E-state index is 0.218. The van der Waals surface area contributed by atoms with Crippen LogP contribution in [0.4, 0.5) is 5.82 Å². The van der Waals surface area contributed by atoms with Crippen molar-refractivity contribution < 1.29 is 14.2 Å². The van der Waals surface area contributed by atoms with Crippen molar-refractivity contribution in [2.75, 3.05) is 26.3 Å². The Morgan fingerprint density at radius 2 is 1.86 bits per heavy atom. The van der Waals surface area contributed by atoms with Gasteiger partial charge < -0.3 is 14.2 Å². The Hall–Kier alpha value is -2.51. The molecule has 0 spiro atoms. The fraction of sp³-hybridized carbons (Fsp3) is 0.333. The van der Waals surface area contributed by atoms with Crippen LogP contribution in [0.2, 0.25) is 5.02 Å². The second-order valence-corrected chi connectivity index (χ2v) is 8.02. The van der Waals surface area contributed by atoms with Gasteiger partial charge in [0.25, 0.3) is 0 Å². The van der Waals surface area contributed by atoms with E-state index in [0.717, 1.165) is 51.5 Å². The average molecular weight is 432 g/mol. The van der Waals surface area contributed by atoms with E-state index in [1.54, 1.807) is 21.3 Å². The maximum atomic E-state index is 6.18. The molecule has 0 aliphatic carbocycles. The molecule has 0 saturated heterocycles. The van der Waals surface area contributed by atoms with E-state index in [0.29, 0.717) is 10.8 Å². The van der Waals surface area contributed by atoms with Crippen molar-refractivity contribution in [2.45, 2.75) is 25.8 Å². The Balaban J connectivity index is 1.80. The molecule has 0 bridgehead atoms. The molecule has 152 valence electrons. The number of aromatic nitrogens is 1. The Kier molecular flexibility index (Phi) is 5.52. The topological polar surface area (TPSA) is 56.2 Å². The summed E-state index contributed by atoms with van der Waals surface area (Å²) in [5.41, 5.74) is 1.98. The van der Waals surface area contributed by atoms with Gasteiger partial charge in [-0.1, -0.05) is 17.7 Å². The lowest BCUT2D eigenvalue weighted by molar-refractivity contribution is 0.398. The summed E-state index contributed by atoms with van der Waals surface area (Å²) in [6, 6.07) is 9.82. The highest BCUT2D eigenvalue weighted by Crippen LogP contribution is 2.41. The van der Waals surface area contributed by atoms with E-state index in [9.17, 15) is 0 Å². The van der Waals surface area contributed by atoms with Crippen LogP contribution in [0.3, 0.4) is 0 Å². The number of hydrazone groups is 1. The van der Waals surface area contributed by atoms with E-state index >= 15 is 0 Å². The molecule has 0 amide bonds. The third-order valence-electron chi connectivity index (χ3n) is 5.09. The highest BCUT2D eigenvalue weighted by molar-refractivity contribution is 7.14. The Labute approximate surface area is 178 Å². The average Bonchev–Trinajstić information content (AvgIpc) is 3.17. The summed E-state index contributed by atoms with van der Waals surface area (Å²) < 4.78 is 22.0. The van der Waals surface area contributed by atoms with Gasteiger partial charge in [0.15, 0.2) is 5.82 Å². The quantitative estimate of drug-likeness (QED) is 0.543. The van der Waals surface area contributed by atoms with Gasteiger partial charge in [0.1, 0.15) is 17.2 Å². The SMILES string of the molecule is COc1cc(OC)c2snc(N3N=C(c4ccc(Cl)c(OC)c4)CCC3C)c2c1. The monoisotopic (exact) mass is 431 g/mol. The molecule has 1 aliphatic rings. The molecule has 8 heteroatoms. The van der Waals surface area contributed by atoms with Crippen LogP contribution in [0.5, 0.6) is 17.2 Å². The van der Waals surface area contributed by atoms with Crippen LogP contribution in [-0.2, 0) is 0 Å². The second-order valence-electron chi connectivity index (χ2n) is 6.84. The summed E-state index contributed by atoms with van der Waals surface area (Å²) in [6.45, 7) is 2.16. The zero-order valence-corrected chi connectivity index (χ0v) is 18.3. The first-order chi connectivity index (χ1) is 14.0. The van der Waals surface area contributed by atoms with Crippen molar-refractivity contribution in [3.05, 3.63) is 40.9 Å². The second kappa shape index (κ2) is 8.08. The maximum Gasteiger partial charge on any atom is 0.170 e. The molecule has 4 rings (SSSR count). The number of nitrogens with zero attached hydrogens (tertiary/aromatic N) is 3. The fourth-order valence-electron chi connectivity index (χ4n) is 3.45. The van der Waals surface area contributed by atoms with Gasteiger partial charge in [0.2, 0.25) is 0 Å². The summed E-state index contributed by atoms with van der Waals surface area (Å²) in [5, 5.41) is 8.51. The van der Waals surface area contributed by atoms with Crippen molar-refractivity contribution in [3.8, 4) is 17.2 Å². The molecule has 2 aromatic carbocycles. The van der Waals surface area contributed by atoms with Gasteiger partial charge in [-0.2, -0.15) is 9.47 Å². The van der Waals surface area contributed by atoms with Gasteiger partial charge in [-0.25, -0.2) is 5.01 Å². The van der Waals surface area contributed by atoms with Crippen LogP contribution in [0.15, 0.2) is 35.4 Å². The Bertz CT molecular complexity index is 1080. The van der Waals surface area contributed by atoms with E-state index in [-0.39, 0.29) is 6.04 Å². The Morgan fingerprint density at radius 3 is 2.59 bits per heavy atom. The molecule has 2 heterocycles. The third kappa shape index (κ3) is 3.60. The molecule has 0 radical (unpaired) electrons. The zero-order valence-electron chi connectivity index (χ0n) is 16.7. The lowest BCUT2D eigenvalue weighted by atomic mass is 10.0. The smallest absolute Gasteiger partial charge is 0.170 e. The first kappa shape index (κ1) is 19.8. The molecular formula is C21H22ClN3O3S. The normalized spacial score (nSPS) is 16.7. The van der Waals surface area contributed by atoms with E-state index in [2.05, 4.69) is 6.92 Å². The number of anilines is 1. The molecule has 1 aromatic heterocycles. The number of halogens is 1. The number of hydrogen-bond donors (Lipinski definition) is 0.